The number of hydrogen-bond donors (Lipinski definition) is 0. The van der Waals surface area contributed by atoms with Gasteiger partial charge in [0, 0.05) is 6.54 Å². The van der Waals surface area contributed by atoms with Gasteiger partial charge in [0.2, 0.25) is 0 Å². The summed E-state index contributed by atoms with van der Waals surface area (Å²) in [7, 11) is 0. The van der Waals surface area contributed by atoms with Crippen molar-refractivity contribution in [2.45, 2.75) is 31.8 Å². The largest absolute Gasteiger partial charge is 0.465 e. The number of nitrogens with zero attached hydrogens (tertiary/aromatic N) is 4. The summed E-state index contributed by atoms with van der Waals surface area (Å²) in [6.07, 6.45) is 3.84. The van der Waals surface area contributed by atoms with Crippen LogP contribution in [0.1, 0.15) is 36.4 Å². The van der Waals surface area contributed by atoms with Crippen LogP contribution >= 0.6 is 23.1 Å². The molecular weight excluding hydrogens is 400 g/mol. The van der Waals surface area contributed by atoms with Crippen LogP contribution in [0.25, 0.3) is 10.2 Å². The Bertz CT molecular complexity index is 990. The Morgan fingerprint density at radius 3 is 2.79 bits per heavy atom. The van der Waals surface area contributed by atoms with E-state index in [1.165, 1.54) is 28.0 Å². The SMILES string of the molecule is CCCCN1CN2C(=O)C(C(=O)OCC)C(=O)c3sc4nc(SC)nc1c4c32. The molecule has 8 nitrogen and oxygen atoms in total. The molecule has 1 unspecified atom stereocenters. The molecule has 1 amide bonds. The van der Waals surface area contributed by atoms with E-state index in [0.717, 1.165) is 30.6 Å². The highest BCUT2D eigenvalue weighted by atomic mass is 32.2. The Morgan fingerprint density at radius 1 is 1.32 bits per heavy atom. The lowest BCUT2D eigenvalue weighted by Gasteiger charge is -2.39. The monoisotopic (exact) mass is 420 g/mol. The summed E-state index contributed by atoms with van der Waals surface area (Å²) in [6.45, 7) is 4.86. The number of carbonyl (C=O) groups is 3. The van der Waals surface area contributed by atoms with Crippen molar-refractivity contribution < 1.29 is 19.1 Å². The van der Waals surface area contributed by atoms with Gasteiger partial charge < -0.3 is 9.64 Å². The van der Waals surface area contributed by atoms with E-state index in [1.807, 2.05) is 11.2 Å². The van der Waals surface area contributed by atoms with E-state index < -0.39 is 23.6 Å². The second-order valence-electron chi connectivity index (χ2n) is 6.57. The zero-order valence-corrected chi connectivity index (χ0v) is 17.5. The lowest BCUT2D eigenvalue weighted by Crippen LogP contribution is -2.53. The summed E-state index contributed by atoms with van der Waals surface area (Å²) in [5, 5.41) is 1.35. The smallest absolute Gasteiger partial charge is 0.326 e. The molecule has 148 valence electrons. The van der Waals surface area contributed by atoms with Crippen LogP contribution < -0.4 is 9.80 Å². The van der Waals surface area contributed by atoms with E-state index in [-0.39, 0.29) is 13.3 Å². The second-order valence-corrected chi connectivity index (χ2v) is 8.34. The molecule has 10 heteroatoms. The van der Waals surface area contributed by atoms with Gasteiger partial charge in [-0.25, -0.2) is 9.97 Å². The van der Waals surface area contributed by atoms with Crippen molar-refractivity contribution >= 4 is 62.5 Å². The molecule has 0 radical (unpaired) electrons. The quantitative estimate of drug-likeness (QED) is 0.305. The molecule has 0 fully saturated rings. The number of ether oxygens (including phenoxy) is 1. The normalized spacial score (nSPS) is 18.2. The van der Waals surface area contributed by atoms with E-state index in [4.69, 9.17) is 4.74 Å². The van der Waals surface area contributed by atoms with E-state index >= 15 is 0 Å². The number of carbonyl (C=O) groups excluding carboxylic acids is 3. The van der Waals surface area contributed by atoms with Gasteiger partial charge in [0.05, 0.1) is 29.2 Å². The number of esters is 1. The average Bonchev–Trinajstić information content (AvgIpc) is 3.07. The third-order valence-corrected chi connectivity index (χ3v) is 6.49. The number of thioether (sulfide) groups is 1. The third-order valence-electron chi connectivity index (χ3n) is 4.85. The second kappa shape index (κ2) is 7.32. The zero-order valence-electron chi connectivity index (χ0n) is 15.9. The van der Waals surface area contributed by atoms with Gasteiger partial charge in [0.1, 0.15) is 10.6 Å². The first-order valence-corrected chi connectivity index (χ1v) is 11.2. The summed E-state index contributed by atoms with van der Waals surface area (Å²) >= 11 is 2.65. The van der Waals surface area contributed by atoms with Crippen molar-refractivity contribution in [3.8, 4) is 0 Å². The number of anilines is 2. The van der Waals surface area contributed by atoms with Gasteiger partial charge in [0.25, 0.3) is 5.91 Å². The molecule has 28 heavy (non-hydrogen) atoms. The molecule has 1 atom stereocenters. The number of amides is 1. The topological polar surface area (TPSA) is 92.7 Å². The summed E-state index contributed by atoms with van der Waals surface area (Å²) < 4.78 is 5.00. The highest BCUT2D eigenvalue weighted by molar-refractivity contribution is 7.98. The highest BCUT2D eigenvalue weighted by Crippen LogP contribution is 2.49. The van der Waals surface area contributed by atoms with E-state index in [9.17, 15) is 14.4 Å². The maximum atomic E-state index is 13.1. The van der Waals surface area contributed by atoms with Crippen molar-refractivity contribution in [3.63, 3.8) is 0 Å². The number of Topliss-reactive ketones (excluding diaryl/α,β-unsaturated/α-hetero) is 1. The van der Waals surface area contributed by atoms with Gasteiger partial charge in [-0.3, -0.25) is 19.3 Å². The maximum absolute atomic E-state index is 13.1. The lowest BCUT2D eigenvalue weighted by molar-refractivity contribution is -0.149. The molecule has 0 saturated heterocycles. The predicted molar refractivity (Wildman–Crippen MR) is 108 cm³/mol. The van der Waals surface area contributed by atoms with Crippen LogP contribution in [0.3, 0.4) is 0 Å². The van der Waals surface area contributed by atoms with Crippen molar-refractivity contribution in [2.75, 3.05) is 35.9 Å². The average molecular weight is 421 g/mol. The molecule has 4 heterocycles. The molecule has 2 aliphatic heterocycles. The predicted octanol–water partition coefficient (Wildman–Crippen LogP) is 2.70. The van der Waals surface area contributed by atoms with Crippen LogP contribution in [-0.4, -0.2) is 53.7 Å². The van der Waals surface area contributed by atoms with E-state index in [1.54, 1.807) is 6.92 Å². The number of unbranched alkanes of at least 4 members (excludes halogenated alkanes) is 1. The Labute approximate surface area is 170 Å². The maximum Gasteiger partial charge on any atom is 0.326 e. The fourth-order valence-corrected chi connectivity index (χ4v) is 5.10. The van der Waals surface area contributed by atoms with Crippen molar-refractivity contribution in [2.24, 2.45) is 5.92 Å². The molecule has 0 saturated carbocycles. The van der Waals surface area contributed by atoms with Gasteiger partial charge >= 0.3 is 5.97 Å². The Hall–Kier alpha value is -2.20. The lowest BCUT2D eigenvalue weighted by atomic mass is 9.94. The van der Waals surface area contributed by atoms with Crippen LogP contribution in [0.4, 0.5) is 11.5 Å². The standard InChI is InChI=1S/C18H20N4O4S2/c1-4-6-7-21-8-22-11-9-14(21)19-18(27-3)20-15(9)28-13(11)12(23)10(16(22)24)17(25)26-5-2/h10H,4-8H2,1-3H3. The van der Waals surface area contributed by atoms with Crippen LogP contribution in [0, 0.1) is 5.92 Å². The number of rotatable bonds is 6. The van der Waals surface area contributed by atoms with Crippen LogP contribution in [-0.2, 0) is 14.3 Å². The summed E-state index contributed by atoms with van der Waals surface area (Å²) in [5.41, 5.74) is 0.547. The van der Waals surface area contributed by atoms with Gasteiger partial charge in [-0.05, 0) is 19.6 Å². The Kier molecular flexibility index (Phi) is 5.00. The molecular formula is C18H20N4O4S2. The first-order chi connectivity index (χ1) is 13.5. The molecule has 0 N–H and O–H groups in total. The van der Waals surface area contributed by atoms with Crippen LogP contribution in [0.2, 0.25) is 0 Å². The number of thiophene rings is 1. The van der Waals surface area contributed by atoms with Crippen LogP contribution in [0.15, 0.2) is 5.16 Å². The summed E-state index contributed by atoms with van der Waals surface area (Å²) in [4.78, 5) is 52.3. The molecule has 0 spiro atoms. The number of hydrogen-bond acceptors (Lipinski definition) is 9. The van der Waals surface area contributed by atoms with Gasteiger partial charge in [-0.15, -0.1) is 11.3 Å². The minimum absolute atomic E-state index is 0.116. The van der Waals surface area contributed by atoms with Gasteiger partial charge in [-0.1, -0.05) is 25.1 Å². The first kappa shape index (κ1) is 19.1. The molecule has 2 aliphatic rings. The Balaban J connectivity index is 1.92. The van der Waals surface area contributed by atoms with Gasteiger partial charge in [0.15, 0.2) is 16.9 Å². The highest BCUT2D eigenvalue weighted by Gasteiger charge is 2.49. The Morgan fingerprint density at radius 2 is 2.11 bits per heavy atom. The van der Waals surface area contributed by atoms with Gasteiger partial charge in [-0.2, -0.15) is 0 Å². The van der Waals surface area contributed by atoms with E-state index in [0.29, 0.717) is 20.6 Å². The van der Waals surface area contributed by atoms with Crippen molar-refractivity contribution in [3.05, 3.63) is 4.88 Å². The molecule has 2 aromatic rings. The first-order valence-electron chi connectivity index (χ1n) is 9.17. The van der Waals surface area contributed by atoms with Crippen LogP contribution in [0.5, 0.6) is 0 Å². The number of ketones is 1. The fourth-order valence-electron chi connectivity index (χ4n) is 3.54. The van der Waals surface area contributed by atoms with Crippen molar-refractivity contribution in [1.82, 2.24) is 9.97 Å². The minimum Gasteiger partial charge on any atom is -0.465 e. The minimum atomic E-state index is -1.44. The zero-order chi connectivity index (χ0) is 20.0. The third kappa shape index (κ3) is 2.77. The summed E-state index contributed by atoms with van der Waals surface area (Å²) in [6, 6.07) is 0. The summed E-state index contributed by atoms with van der Waals surface area (Å²) in [5.74, 6) is -2.51. The molecule has 2 aromatic heterocycles. The molecule has 0 aliphatic carbocycles. The fraction of sp³-hybridized carbons (Fsp3) is 0.500. The molecule has 0 bridgehead atoms. The molecule has 0 aromatic carbocycles. The molecule has 4 rings (SSSR count). The van der Waals surface area contributed by atoms with E-state index in [2.05, 4.69) is 16.9 Å². The van der Waals surface area contributed by atoms with Crippen molar-refractivity contribution in [1.29, 1.82) is 0 Å². The number of aromatic nitrogens is 2.